The number of rotatable bonds is 3. The molecule has 1 N–H and O–H groups in total. The number of halogens is 1. The zero-order valence-electron chi connectivity index (χ0n) is 10.9. The fourth-order valence-corrected chi connectivity index (χ4v) is 2.45. The van der Waals surface area contributed by atoms with E-state index in [0.717, 1.165) is 16.4 Å². The highest BCUT2D eigenvalue weighted by Gasteiger charge is 2.15. The van der Waals surface area contributed by atoms with Crippen molar-refractivity contribution in [2.24, 2.45) is 0 Å². The van der Waals surface area contributed by atoms with Crippen LogP contribution in [0.2, 0.25) is 0 Å². The van der Waals surface area contributed by atoms with Gasteiger partial charge < -0.3 is 5.11 Å². The molecule has 0 unspecified atom stereocenters. The molecule has 0 saturated heterocycles. The predicted molar refractivity (Wildman–Crippen MR) is 83.8 cm³/mol. The fourth-order valence-electron chi connectivity index (χ4n) is 2.09. The maximum Gasteiger partial charge on any atom is 0.153 e. The number of para-hydroxylation sites is 1. The summed E-state index contributed by atoms with van der Waals surface area (Å²) in [6, 6.07) is 14.5. The van der Waals surface area contributed by atoms with E-state index in [2.05, 4.69) is 21.0 Å². The molecule has 1 heterocycles. The third-order valence-electron chi connectivity index (χ3n) is 3.10. The second-order valence-corrected chi connectivity index (χ2v) is 5.41. The highest BCUT2D eigenvalue weighted by Crippen LogP contribution is 2.32. The third kappa shape index (κ3) is 2.60. The molecule has 21 heavy (non-hydrogen) atoms. The monoisotopic (exact) mass is 342 g/mol. The zero-order chi connectivity index (χ0) is 14.8. The second kappa shape index (κ2) is 5.54. The normalized spacial score (nSPS) is 10.5. The fraction of sp³-hybridized carbons (Fsp3) is 0. The average Bonchev–Trinajstić information content (AvgIpc) is 2.94. The lowest BCUT2D eigenvalue weighted by atomic mass is 10.1. The minimum Gasteiger partial charge on any atom is -0.507 e. The highest BCUT2D eigenvalue weighted by molar-refractivity contribution is 9.10. The van der Waals surface area contributed by atoms with Crippen molar-refractivity contribution in [1.29, 1.82) is 0 Å². The first-order valence-electron chi connectivity index (χ1n) is 6.28. The van der Waals surface area contributed by atoms with Gasteiger partial charge in [0.1, 0.15) is 11.4 Å². The number of carbonyl (C=O) groups excluding carboxylic acids is 1. The summed E-state index contributed by atoms with van der Waals surface area (Å²) >= 11 is 3.36. The summed E-state index contributed by atoms with van der Waals surface area (Å²) in [5, 5.41) is 14.4. The number of aldehydes is 1. The molecule has 0 saturated carbocycles. The van der Waals surface area contributed by atoms with Gasteiger partial charge in [0.25, 0.3) is 0 Å². The van der Waals surface area contributed by atoms with Crippen molar-refractivity contribution in [3.63, 3.8) is 0 Å². The van der Waals surface area contributed by atoms with Gasteiger partial charge in [-0.15, -0.1) is 0 Å². The molecule has 2 aromatic carbocycles. The number of benzene rings is 2. The van der Waals surface area contributed by atoms with Crippen molar-refractivity contribution in [2.75, 3.05) is 0 Å². The number of hydrogen-bond donors (Lipinski definition) is 1. The van der Waals surface area contributed by atoms with Crippen LogP contribution >= 0.6 is 15.9 Å². The standard InChI is InChI=1S/C16H11BrN2O2/c17-12-6-7-15(21)14(8-12)16-11(10-20)9-19(18-16)13-4-2-1-3-5-13/h1-10,21H. The Balaban J connectivity index is 2.17. The maximum atomic E-state index is 11.3. The maximum absolute atomic E-state index is 11.3. The van der Waals surface area contributed by atoms with Crippen LogP contribution in [0.4, 0.5) is 0 Å². The molecule has 0 bridgehead atoms. The van der Waals surface area contributed by atoms with E-state index in [1.165, 1.54) is 0 Å². The van der Waals surface area contributed by atoms with E-state index in [4.69, 9.17) is 0 Å². The van der Waals surface area contributed by atoms with Gasteiger partial charge in [-0.2, -0.15) is 5.10 Å². The molecule has 1 aromatic heterocycles. The summed E-state index contributed by atoms with van der Waals surface area (Å²) < 4.78 is 2.43. The van der Waals surface area contributed by atoms with Crippen molar-refractivity contribution in [3.05, 3.63) is 64.8 Å². The van der Waals surface area contributed by atoms with E-state index < -0.39 is 0 Å². The van der Waals surface area contributed by atoms with Gasteiger partial charge in [-0.1, -0.05) is 34.1 Å². The van der Waals surface area contributed by atoms with Gasteiger partial charge in [-0.05, 0) is 30.3 Å². The first-order chi connectivity index (χ1) is 10.2. The van der Waals surface area contributed by atoms with Crippen LogP contribution in [0.3, 0.4) is 0 Å². The summed E-state index contributed by atoms with van der Waals surface area (Å²) in [5.74, 6) is 0.0830. The summed E-state index contributed by atoms with van der Waals surface area (Å²) in [4.78, 5) is 11.3. The lowest BCUT2D eigenvalue weighted by Gasteiger charge is -2.03. The first kappa shape index (κ1) is 13.6. The van der Waals surface area contributed by atoms with E-state index in [0.29, 0.717) is 16.8 Å². The van der Waals surface area contributed by atoms with Crippen molar-refractivity contribution in [3.8, 4) is 22.7 Å². The van der Waals surface area contributed by atoms with Gasteiger partial charge in [0.15, 0.2) is 6.29 Å². The lowest BCUT2D eigenvalue weighted by molar-refractivity contribution is 0.112. The Morgan fingerprint density at radius 2 is 1.90 bits per heavy atom. The van der Waals surface area contributed by atoms with Gasteiger partial charge in [-0.3, -0.25) is 4.79 Å². The van der Waals surface area contributed by atoms with E-state index in [9.17, 15) is 9.90 Å². The Hall–Kier alpha value is -2.40. The lowest BCUT2D eigenvalue weighted by Crippen LogP contribution is -1.94. The van der Waals surface area contributed by atoms with E-state index in [1.54, 1.807) is 29.1 Å². The number of nitrogens with zero attached hydrogens (tertiary/aromatic N) is 2. The van der Waals surface area contributed by atoms with Crippen LogP contribution in [0.25, 0.3) is 16.9 Å². The Kier molecular flexibility index (Phi) is 3.58. The van der Waals surface area contributed by atoms with E-state index in [-0.39, 0.29) is 5.75 Å². The largest absolute Gasteiger partial charge is 0.507 e. The molecule has 0 aliphatic rings. The number of aromatic hydroxyl groups is 1. The minimum absolute atomic E-state index is 0.0830. The van der Waals surface area contributed by atoms with Crippen LogP contribution in [0.15, 0.2) is 59.2 Å². The summed E-state index contributed by atoms with van der Waals surface area (Å²) in [7, 11) is 0. The number of phenols is 1. The molecule has 3 rings (SSSR count). The molecule has 0 amide bonds. The third-order valence-corrected chi connectivity index (χ3v) is 3.60. The van der Waals surface area contributed by atoms with Gasteiger partial charge >= 0.3 is 0 Å². The molecular weight excluding hydrogens is 332 g/mol. The molecule has 0 atom stereocenters. The number of aromatic nitrogens is 2. The first-order valence-corrected chi connectivity index (χ1v) is 7.07. The van der Waals surface area contributed by atoms with Gasteiger partial charge in [-0.25, -0.2) is 4.68 Å². The Morgan fingerprint density at radius 1 is 1.14 bits per heavy atom. The average molecular weight is 343 g/mol. The predicted octanol–water partition coefficient (Wildman–Crippen LogP) is 3.82. The zero-order valence-corrected chi connectivity index (χ0v) is 12.5. The molecule has 0 aliphatic heterocycles. The molecule has 3 aromatic rings. The van der Waals surface area contributed by atoms with Crippen LogP contribution in [0.1, 0.15) is 10.4 Å². The summed E-state index contributed by atoms with van der Waals surface area (Å²) in [6.45, 7) is 0. The van der Waals surface area contributed by atoms with Crippen LogP contribution < -0.4 is 0 Å². The molecule has 0 aliphatic carbocycles. The van der Waals surface area contributed by atoms with Crippen molar-refractivity contribution < 1.29 is 9.90 Å². The highest BCUT2D eigenvalue weighted by atomic mass is 79.9. The van der Waals surface area contributed by atoms with Crippen LogP contribution in [0.5, 0.6) is 5.75 Å². The Bertz CT molecular complexity index is 797. The molecule has 0 spiro atoms. The van der Waals surface area contributed by atoms with Gasteiger partial charge in [0.05, 0.1) is 11.3 Å². The van der Waals surface area contributed by atoms with Crippen molar-refractivity contribution in [1.82, 2.24) is 9.78 Å². The number of hydrogen-bond acceptors (Lipinski definition) is 3. The molecule has 4 nitrogen and oxygen atoms in total. The van der Waals surface area contributed by atoms with E-state index in [1.807, 2.05) is 30.3 Å². The quantitative estimate of drug-likeness (QED) is 0.736. The molecular formula is C16H11BrN2O2. The second-order valence-electron chi connectivity index (χ2n) is 4.49. The molecule has 104 valence electrons. The Morgan fingerprint density at radius 3 is 2.62 bits per heavy atom. The Labute approximate surface area is 129 Å². The molecule has 5 heteroatoms. The van der Waals surface area contributed by atoms with Crippen LogP contribution in [0, 0.1) is 0 Å². The van der Waals surface area contributed by atoms with Gasteiger partial charge in [0, 0.05) is 16.2 Å². The van der Waals surface area contributed by atoms with E-state index >= 15 is 0 Å². The minimum atomic E-state index is 0.0830. The molecule has 0 radical (unpaired) electrons. The van der Waals surface area contributed by atoms with Crippen molar-refractivity contribution in [2.45, 2.75) is 0 Å². The van der Waals surface area contributed by atoms with Crippen molar-refractivity contribution >= 4 is 22.2 Å². The number of phenolic OH excluding ortho intramolecular Hbond substituents is 1. The smallest absolute Gasteiger partial charge is 0.153 e. The van der Waals surface area contributed by atoms with Crippen LogP contribution in [-0.4, -0.2) is 21.2 Å². The SMILES string of the molecule is O=Cc1cn(-c2ccccc2)nc1-c1cc(Br)ccc1O. The summed E-state index contributed by atoms with van der Waals surface area (Å²) in [5.41, 5.74) is 2.24. The van der Waals surface area contributed by atoms with Gasteiger partial charge in [0.2, 0.25) is 0 Å². The molecule has 0 fully saturated rings. The van der Waals surface area contributed by atoms with Crippen LogP contribution in [-0.2, 0) is 0 Å². The summed E-state index contributed by atoms with van der Waals surface area (Å²) in [6.07, 6.45) is 2.39. The topological polar surface area (TPSA) is 55.1 Å². The number of carbonyl (C=O) groups is 1.